The Morgan fingerprint density at radius 3 is 2.60 bits per heavy atom. The molecule has 1 heterocycles. The van der Waals surface area contributed by atoms with Crippen LogP contribution in [0, 0.1) is 0 Å². The summed E-state index contributed by atoms with van der Waals surface area (Å²) in [7, 11) is 0. The maximum absolute atomic E-state index is 9.14. The number of aliphatic hydroxyl groups excluding tert-OH is 2. The van der Waals surface area contributed by atoms with Gasteiger partial charge >= 0.3 is 0 Å². The minimum atomic E-state index is -0.756. The highest BCUT2D eigenvalue weighted by atomic mass is 16.6. The molecule has 0 spiro atoms. The highest BCUT2D eigenvalue weighted by molar-refractivity contribution is 4.70. The first-order chi connectivity index (χ1) is 4.72. The largest absolute Gasteiger partial charge is 0.393 e. The normalized spacial score (nSPS) is 41.7. The third-order valence-corrected chi connectivity index (χ3v) is 1.81. The van der Waals surface area contributed by atoms with Crippen LogP contribution in [0.15, 0.2) is 0 Å². The molecule has 1 rings (SSSR count). The lowest BCUT2D eigenvalue weighted by Gasteiger charge is -2.29. The summed E-state index contributed by atoms with van der Waals surface area (Å²) in [4.78, 5) is 0. The van der Waals surface area contributed by atoms with E-state index in [2.05, 4.69) is 0 Å². The van der Waals surface area contributed by atoms with Gasteiger partial charge in [-0.05, 0) is 12.8 Å². The number of aliphatic hydroxyl groups is 2. The highest BCUT2D eigenvalue weighted by Gasteiger charge is 2.25. The van der Waals surface area contributed by atoms with Gasteiger partial charge in [-0.15, -0.1) is 0 Å². The fourth-order valence-corrected chi connectivity index (χ4v) is 1.23. The van der Waals surface area contributed by atoms with Crippen molar-refractivity contribution in [2.75, 3.05) is 0 Å². The molecule has 3 nitrogen and oxygen atoms in total. The van der Waals surface area contributed by atoms with Crippen LogP contribution >= 0.6 is 0 Å². The van der Waals surface area contributed by atoms with Crippen LogP contribution in [0.3, 0.4) is 0 Å². The first-order valence-corrected chi connectivity index (χ1v) is 3.74. The molecule has 60 valence electrons. The molecule has 0 saturated carbocycles. The van der Waals surface area contributed by atoms with E-state index >= 15 is 0 Å². The summed E-state index contributed by atoms with van der Waals surface area (Å²) in [5.74, 6) is 0. The van der Waals surface area contributed by atoms with Crippen molar-refractivity contribution in [3.63, 3.8) is 0 Å². The Hall–Kier alpha value is -0.120. The predicted octanol–water partition coefficient (Wildman–Crippen LogP) is 0.255. The van der Waals surface area contributed by atoms with E-state index in [4.69, 9.17) is 14.9 Å². The van der Waals surface area contributed by atoms with Crippen molar-refractivity contribution in [3.05, 3.63) is 0 Å². The lowest BCUT2D eigenvalue weighted by molar-refractivity contribution is -0.189. The molecule has 2 N–H and O–H groups in total. The maximum Gasteiger partial charge on any atom is 0.157 e. The van der Waals surface area contributed by atoms with Gasteiger partial charge in [0.15, 0.2) is 6.29 Å². The van der Waals surface area contributed by atoms with Gasteiger partial charge in [0.1, 0.15) is 0 Å². The summed E-state index contributed by atoms with van der Waals surface area (Å²) in [6, 6.07) is 0. The van der Waals surface area contributed by atoms with Gasteiger partial charge in [0, 0.05) is 6.42 Å². The minimum absolute atomic E-state index is 0.0405. The molecule has 10 heavy (non-hydrogen) atoms. The van der Waals surface area contributed by atoms with Gasteiger partial charge in [-0.25, -0.2) is 0 Å². The molecule has 0 radical (unpaired) electrons. The summed E-state index contributed by atoms with van der Waals surface area (Å²) in [5, 5.41) is 18.1. The molecule has 1 aliphatic rings. The standard InChI is InChI=1S/C7H14O3/c1-2-6-3-5(8)4-7(9)10-6/h5-9H,2-4H2,1H3/t5?,6?,7-/m0/s1. The molecule has 1 aliphatic heterocycles. The van der Waals surface area contributed by atoms with E-state index in [-0.39, 0.29) is 12.2 Å². The van der Waals surface area contributed by atoms with Crippen LogP contribution in [0.1, 0.15) is 26.2 Å². The molecule has 0 aromatic heterocycles. The van der Waals surface area contributed by atoms with Crippen molar-refractivity contribution in [1.29, 1.82) is 0 Å². The van der Waals surface area contributed by atoms with E-state index in [9.17, 15) is 0 Å². The molecule has 0 aromatic rings. The molecule has 1 saturated heterocycles. The van der Waals surface area contributed by atoms with Gasteiger partial charge in [0.2, 0.25) is 0 Å². The maximum atomic E-state index is 9.14. The number of hydrogen-bond donors (Lipinski definition) is 2. The molecule has 0 amide bonds. The topological polar surface area (TPSA) is 49.7 Å². The zero-order valence-corrected chi connectivity index (χ0v) is 6.16. The number of ether oxygens (including phenoxy) is 1. The lowest BCUT2D eigenvalue weighted by Crippen LogP contribution is -2.34. The first kappa shape index (κ1) is 7.98. The zero-order valence-electron chi connectivity index (χ0n) is 6.16. The summed E-state index contributed by atoms with van der Waals surface area (Å²) in [6.45, 7) is 1.98. The Labute approximate surface area is 60.6 Å². The highest BCUT2D eigenvalue weighted by Crippen LogP contribution is 2.19. The van der Waals surface area contributed by atoms with Crippen molar-refractivity contribution < 1.29 is 14.9 Å². The van der Waals surface area contributed by atoms with Gasteiger partial charge in [-0.3, -0.25) is 0 Å². The van der Waals surface area contributed by atoms with Gasteiger partial charge in [0.05, 0.1) is 12.2 Å². The van der Waals surface area contributed by atoms with Crippen molar-refractivity contribution >= 4 is 0 Å². The van der Waals surface area contributed by atoms with Crippen LogP contribution in [0.25, 0.3) is 0 Å². The summed E-state index contributed by atoms with van der Waals surface area (Å²) in [6.07, 6.45) is 0.777. The summed E-state index contributed by atoms with van der Waals surface area (Å²) in [5.41, 5.74) is 0. The second-order valence-corrected chi connectivity index (χ2v) is 2.75. The van der Waals surface area contributed by atoms with Crippen LogP contribution in [-0.4, -0.2) is 28.7 Å². The fraction of sp³-hybridized carbons (Fsp3) is 1.00. The van der Waals surface area contributed by atoms with E-state index in [0.29, 0.717) is 12.8 Å². The van der Waals surface area contributed by atoms with Crippen molar-refractivity contribution in [2.45, 2.75) is 44.7 Å². The average Bonchev–Trinajstić information content (AvgIpc) is 1.85. The second kappa shape index (κ2) is 3.32. The summed E-state index contributed by atoms with van der Waals surface area (Å²) < 4.78 is 5.10. The van der Waals surface area contributed by atoms with Crippen LogP contribution in [-0.2, 0) is 4.74 Å². The van der Waals surface area contributed by atoms with Gasteiger partial charge in [0.25, 0.3) is 0 Å². The van der Waals surface area contributed by atoms with Crippen molar-refractivity contribution in [2.24, 2.45) is 0 Å². The number of rotatable bonds is 1. The zero-order chi connectivity index (χ0) is 7.56. The molecule has 1 fully saturated rings. The quantitative estimate of drug-likeness (QED) is 0.557. The molecule has 0 bridgehead atoms. The van der Waals surface area contributed by atoms with Crippen molar-refractivity contribution in [1.82, 2.24) is 0 Å². The predicted molar refractivity (Wildman–Crippen MR) is 36.4 cm³/mol. The Bertz CT molecular complexity index is 95.0. The molecule has 2 unspecified atom stereocenters. The molecular weight excluding hydrogens is 132 g/mol. The van der Waals surface area contributed by atoms with Crippen LogP contribution in [0.4, 0.5) is 0 Å². The lowest BCUT2D eigenvalue weighted by atomic mass is 10.0. The van der Waals surface area contributed by atoms with E-state index in [1.165, 1.54) is 0 Å². The van der Waals surface area contributed by atoms with Crippen molar-refractivity contribution in [3.8, 4) is 0 Å². The van der Waals surface area contributed by atoms with Crippen LogP contribution < -0.4 is 0 Å². The number of hydrogen-bond acceptors (Lipinski definition) is 3. The first-order valence-electron chi connectivity index (χ1n) is 3.74. The molecule has 3 atom stereocenters. The van der Waals surface area contributed by atoms with Crippen LogP contribution in [0.2, 0.25) is 0 Å². The van der Waals surface area contributed by atoms with E-state index < -0.39 is 6.29 Å². The Kier molecular flexibility index (Phi) is 2.65. The summed E-state index contributed by atoms with van der Waals surface area (Å²) >= 11 is 0. The Balaban J connectivity index is 2.35. The Morgan fingerprint density at radius 2 is 2.10 bits per heavy atom. The van der Waals surface area contributed by atoms with E-state index in [1.54, 1.807) is 0 Å². The SMILES string of the molecule is CCC1CC(O)C[C@@H](O)O1. The smallest absolute Gasteiger partial charge is 0.157 e. The molecule has 0 aromatic carbocycles. The van der Waals surface area contributed by atoms with Gasteiger partial charge in [-0.1, -0.05) is 6.92 Å². The minimum Gasteiger partial charge on any atom is -0.393 e. The molecule has 3 heteroatoms. The van der Waals surface area contributed by atoms with Gasteiger partial charge in [-0.2, -0.15) is 0 Å². The second-order valence-electron chi connectivity index (χ2n) is 2.75. The fourth-order valence-electron chi connectivity index (χ4n) is 1.23. The molecule has 0 aliphatic carbocycles. The Morgan fingerprint density at radius 1 is 1.40 bits per heavy atom. The third-order valence-electron chi connectivity index (χ3n) is 1.81. The monoisotopic (exact) mass is 146 g/mol. The van der Waals surface area contributed by atoms with Gasteiger partial charge < -0.3 is 14.9 Å². The van der Waals surface area contributed by atoms with Crippen LogP contribution in [0.5, 0.6) is 0 Å². The van der Waals surface area contributed by atoms with E-state index in [0.717, 1.165) is 6.42 Å². The van der Waals surface area contributed by atoms with E-state index in [1.807, 2.05) is 6.92 Å². The molecular formula is C7H14O3. The third kappa shape index (κ3) is 1.94. The average molecular weight is 146 g/mol.